The molecule has 0 fully saturated rings. The highest BCUT2D eigenvalue weighted by Gasteiger charge is 2.43. The van der Waals surface area contributed by atoms with E-state index in [0.29, 0.717) is 18.5 Å². The Morgan fingerprint density at radius 1 is 1.09 bits per heavy atom. The number of rotatable bonds is 6. The number of benzene rings is 2. The molecule has 6 nitrogen and oxygen atoms in total. The normalized spacial score (nSPS) is 22.2. The van der Waals surface area contributed by atoms with Crippen molar-refractivity contribution in [3.05, 3.63) is 84.1 Å². The molecule has 5 rings (SSSR count). The number of carbonyl (C=O) groups excluding carboxylic acids is 2. The molecule has 2 aliphatic rings. The molecule has 3 heterocycles. The summed E-state index contributed by atoms with van der Waals surface area (Å²) < 4.78 is 13.5. The van der Waals surface area contributed by atoms with Gasteiger partial charge in [-0.25, -0.2) is 4.79 Å². The van der Waals surface area contributed by atoms with E-state index in [1.807, 2.05) is 47.4 Å². The molecule has 4 atom stereocenters. The van der Waals surface area contributed by atoms with Crippen LogP contribution in [0.4, 0.5) is 4.79 Å². The molecule has 35 heavy (non-hydrogen) atoms. The summed E-state index contributed by atoms with van der Waals surface area (Å²) in [6.07, 6.45) is 3.98. The molecule has 182 valence electrons. The first-order valence-corrected chi connectivity index (χ1v) is 12.3. The second-order valence-corrected chi connectivity index (χ2v) is 9.49. The van der Waals surface area contributed by atoms with Crippen LogP contribution in [0.25, 0.3) is 10.9 Å². The van der Waals surface area contributed by atoms with Crippen LogP contribution in [0.1, 0.15) is 53.1 Å². The molecule has 2 aromatic carbocycles. The molecule has 2 aliphatic heterocycles. The van der Waals surface area contributed by atoms with Crippen LogP contribution >= 0.6 is 0 Å². The molecule has 0 aliphatic carbocycles. The monoisotopic (exact) mass is 472 g/mol. The summed E-state index contributed by atoms with van der Waals surface area (Å²) in [5, 5.41) is 1.22. The maximum atomic E-state index is 13.1. The van der Waals surface area contributed by atoms with Crippen LogP contribution in [-0.4, -0.2) is 42.1 Å². The molecule has 0 unspecified atom stereocenters. The fraction of sp³-hybridized carbons (Fsp3) is 0.379. The molecule has 0 bridgehead atoms. The summed E-state index contributed by atoms with van der Waals surface area (Å²) in [5.74, 6) is 0.168. The van der Waals surface area contributed by atoms with Gasteiger partial charge in [-0.1, -0.05) is 54.6 Å². The third-order valence-electron chi connectivity index (χ3n) is 7.78. The zero-order valence-electron chi connectivity index (χ0n) is 20.4. The van der Waals surface area contributed by atoms with Gasteiger partial charge in [0.05, 0.1) is 18.7 Å². The predicted octanol–water partition coefficient (Wildman–Crippen LogP) is 5.94. The third-order valence-corrected chi connectivity index (χ3v) is 7.78. The number of nitrogens with zero attached hydrogens (tertiary/aromatic N) is 2. The van der Waals surface area contributed by atoms with Crippen LogP contribution in [0, 0.1) is 11.8 Å². The van der Waals surface area contributed by atoms with Crippen molar-refractivity contribution in [3.63, 3.8) is 0 Å². The fourth-order valence-electron chi connectivity index (χ4n) is 6.09. The molecule has 6 heteroatoms. The zero-order chi connectivity index (χ0) is 24.5. The van der Waals surface area contributed by atoms with Gasteiger partial charge in [-0.05, 0) is 42.7 Å². The number of allylic oxidation sites excluding steroid dienone is 1. The van der Waals surface area contributed by atoms with E-state index in [0.717, 1.165) is 30.5 Å². The first-order valence-electron chi connectivity index (χ1n) is 12.3. The maximum absolute atomic E-state index is 13.1. The smallest absolute Gasteiger partial charge is 0.410 e. The molecule has 0 N–H and O–H groups in total. The van der Waals surface area contributed by atoms with Crippen LogP contribution in [0.2, 0.25) is 0 Å². The highest BCUT2D eigenvalue weighted by molar-refractivity contribution is 5.96. The minimum atomic E-state index is -0.317. The number of carbonyl (C=O) groups is 2. The first kappa shape index (κ1) is 23.4. The molecule has 3 aromatic rings. The quantitative estimate of drug-likeness (QED) is 0.329. The Labute approximate surface area is 206 Å². The van der Waals surface area contributed by atoms with E-state index in [1.54, 1.807) is 7.11 Å². The van der Waals surface area contributed by atoms with Crippen molar-refractivity contribution < 1.29 is 19.1 Å². The van der Waals surface area contributed by atoms with Crippen LogP contribution in [0.3, 0.4) is 0 Å². The standard InChI is InChI=1S/C29H32N2O4/c1-4-19(17-26(32)20-10-6-5-7-11-20)21-16-25-28-23(14-15-30(25)29(33)35-3)22-12-8-9-13-24(22)31(28)27(18-21)34-2/h4-13,19,21,25,27H,1,14-18H2,2-3H3/t19-,21-,25+,27+/m1/s1. The van der Waals surface area contributed by atoms with E-state index in [9.17, 15) is 9.59 Å². The highest BCUT2D eigenvalue weighted by Crippen LogP contribution is 2.48. The molecule has 0 saturated heterocycles. The first-order chi connectivity index (χ1) is 17.1. The molecule has 0 saturated carbocycles. The number of fused-ring (bicyclic) bond motifs is 3. The Balaban J connectivity index is 1.57. The van der Waals surface area contributed by atoms with Crippen molar-refractivity contribution in [3.8, 4) is 0 Å². The number of hydrogen-bond donors (Lipinski definition) is 0. The van der Waals surface area contributed by atoms with E-state index in [2.05, 4.69) is 29.3 Å². The van der Waals surface area contributed by atoms with Crippen molar-refractivity contribution in [2.75, 3.05) is 20.8 Å². The minimum Gasteiger partial charge on any atom is -0.453 e. The van der Waals surface area contributed by atoms with Gasteiger partial charge in [-0.15, -0.1) is 6.58 Å². The second-order valence-electron chi connectivity index (χ2n) is 9.49. The molecule has 1 aromatic heterocycles. The fourth-order valence-corrected chi connectivity index (χ4v) is 6.09. The predicted molar refractivity (Wildman–Crippen MR) is 135 cm³/mol. The number of ether oxygens (including phenoxy) is 2. The minimum absolute atomic E-state index is 0.0406. The van der Waals surface area contributed by atoms with Crippen molar-refractivity contribution >= 4 is 22.8 Å². The van der Waals surface area contributed by atoms with Gasteiger partial charge in [0, 0.05) is 36.7 Å². The van der Waals surface area contributed by atoms with E-state index in [1.165, 1.54) is 18.1 Å². The Morgan fingerprint density at radius 3 is 2.54 bits per heavy atom. The Morgan fingerprint density at radius 2 is 1.83 bits per heavy atom. The van der Waals surface area contributed by atoms with Gasteiger partial charge in [0.25, 0.3) is 0 Å². The number of methoxy groups -OCH3 is 2. The van der Waals surface area contributed by atoms with Crippen LogP contribution in [-0.2, 0) is 15.9 Å². The maximum Gasteiger partial charge on any atom is 0.410 e. The molecular formula is C29H32N2O4. The summed E-state index contributed by atoms with van der Waals surface area (Å²) in [7, 11) is 3.17. The average molecular weight is 473 g/mol. The van der Waals surface area contributed by atoms with Gasteiger partial charge in [-0.2, -0.15) is 0 Å². The Kier molecular flexibility index (Phi) is 6.48. The van der Waals surface area contributed by atoms with Gasteiger partial charge < -0.3 is 14.0 Å². The molecule has 0 spiro atoms. The Hall–Kier alpha value is -3.38. The van der Waals surface area contributed by atoms with Gasteiger partial charge in [0.1, 0.15) is 6.23 Å². The Bertz CT molecular complexity index is 1250. The highest BCUT2D eigenvalue weighted by atomic mass is 16.5. The van der Waals surface area contributed by atoms with E-state index < -0.39 is 0 Å². The largest absolute Gasteiger partial charge is 0.453 e. The number of amides is 1. The summed E-state index contributed by atoms with van der Waals surface area (Å²) >= 11 is 0. The zero-order valence-corrected chi connectivity index (χ0v) is 20.4. The van der Waals surface area contributed by atoms with Gasteiger partial charge in [0.2, 0.25) is 0 Å². The number of ketones is 1. The van der Waals surface area contributed by atoms with Gasteiger partial charge >= 0.3 is 6.09 Å². The topological polar surface area (TPSA) is 60.8 Å². The van der Waals surface area contributed by atoms with Crippen molar-refractivity contribution in [2.45, 2.75) is 38.0 Å². The van der Waals surface area contributed by atoms with Crippen molar-refractivity contribution in [1.29, 1.82) is 0 Å². The van der Waals surface area contributed by atoms with E-state index in [4.69, 9.17) is 9.47 Å². The number of hydrogen-bond acceptors (Lipinski definition) is 4. The van der Waals surface area contributed by atoms with Crippen LogP contribution < -0.4 is 0 Å². The summed E-state index contributed by atoms with van der Waals surface area (Å²) in [5.41, 5.74) is 4.25. The van der Waals surface area contributed by atoms with Crippen molar-refractivity contribution in [1.82, 2.24) is 9.47 Å². The van der Waals surface area contributed by atoms with Crippen LogP contribution in [0.15, 0.2) is 67.3 Å². The lowest BCUT2D eigenvalue weighted by atomic mass is 9.79. The van der Waals surface area contributed by atoms with Gasteiger partial charge in [0.15, 0.2) is 5.78 Å². The summed E-state index contributed by atoms with van der Waals surface area (Å²) in [6.45, 7) is 4.70. The lowest BCUT2D eigenvalue weighted by Crippen LogP contribution is -2.41. The SMILES string of the molecule is C=C[C@H](CC(=O)c1ccccc1)[C@H]1C[C@H](OC)n2c3c(c4ccccc42)CCN(C(=O)OC)[C@H]3C1. The van der Waals surface area contributed by atoms with E-state index >= 15 is 0 Å². The van der Waals surface area contributed by atoms with Crippen LogP contribution in [0.5, 0.6) is 0 Å². The lowest BCUT2D eigenvalue weighted by Gasteiger charge is -2.37. The number of aromatic nitrogens is 1. The van der Waals surface area contributed by atoms with Crippen molar-refractivity contribution in [2.24, 2.45) is 11.8 Å². The van der Waals surface area contributed by atoms with E-state index in [-0.39, 0.29) is 36.0 Å². The van der Waals surface area contributed by atoms with Gasteiger partial charge in [-0.3, -0.25) is 9.69 Å². The summed E-state index contributed by atoms with van der Waals surface area (Å²) in [4.78, 5) is 27.8. The molecule has 1 amide bonds. The summed E-state index contributed by atoms with van der Waals surface area (Å²) in [6, 6.07) is 17.6. The molecular weight excluding hydrogens is 440 g/mol. The average Bonchev–Trinajstić information content (AvgIpc) is 3.13. The second kappa shape index (κ2) is 9.70. The number of para-hydroxylation sites is 1. The molecule has 0 radical (unpaired) electrons. The lowest BCUT2D eigenvalue weighted by molar-refractivity contribution is 0.0238. The third kappa shape index (κ3) is 4.06. The number of Topliss-reactive ketones (excluding diaryl/α,β-unsaturated/α-hetero) is 1.